The number of carbonyl (C=O) groups is 1. The zero-order valence-corrected chi connectivity index (χ0v) is 10.4. The van der Waals surface area contributed by atoms with Crippen molar-refractivity contribution in [3.05, 3.63) is 29.8 Å². The molecule has 1 aliphatic heterocycles. The summed E-state index contributed by atoms with van der Waals surface area (Å²) in [6.45, 7) is 2.02. The molecule has 1 fully saturated rings. The molecule has 0 bridgehead atoms. The Kier molecular flexibility index (Phi) is 4.59. The van der Waals surface area contributed by atoms with E-state index in [0.717, 1.165) is 24.8 Å². The largest absolute Gasteiger partial charge is 0.508 e. The van der Waals surface area contributed by atoms with Gasteiger partial charge in [-0.05, 0) is 37.0 Å². The van der Waals surface area contributed by atoms with Crippen LogP contribution < -0.4 is 5.32 Å². The highest BCUT2D eigenvalue weighted by Gasteiger charge is 2.20. The van der Waals surface area contributed by atoms with Crippen molar-refractivity contribution in [1.82, 2.24) is 5.32 Å². The van der Waals surface area contributed by atoms with E-state index >= 15 is 0 Å². The molecule has 1 aromatic rings. The topological polar surface area (TPSA) is 58.6 Å². The number of phenols is 1. The van der Waals surface area contributed by atoms with Crippen molar-refractivity contribution < 1.29 is 14.6 Å². The Hall–Kier alpha value is -1.55. The van der Waals surface area contributed by atoms with Gasteiger partial charge in [0.2, 0.25) is 5.91 Å². The fraction of sp³-hybridized carbons (Fsp3) is 0.500. The molecule has 18 heavy (non-hydrogen) atoms. The van der Waals surface area contributed by atoms with Crippen molar-refractivity contribution in [2.24, 2.45) is 5.92 Å². The SMILES string of the molecule is O=C(NCCc1ccc(O)cc1)C1CCOCC1. The van der Waals surface area contributed by atoms with Gasteiger partial charge in [0.05, 0.1) is 0 Å². The third-order valence-corrected chi connectivity index (χ3v) is 3.24. The molecule has 1 aromatic carbocycles. The number of aromatic hydroxyl groups is 1. The number of nitrogens with one attached hydrogen (secondary N) is 1. The van der Waals surface area contributed by atoms with Gasteiger partial charge in [0.1, 0.15) is 5.75 Å². The average molecular weight is 249 g/mol. The summed E-state index contributed by atoms with van der Waals surface area (Å²) in [7, 11) is 0. The second-order valence-electron chi connectivity index (χ2n) is 4.59. The van der Waals surface area contributed by atoms with Crippen LogP contribution in [-0.2, 0) is 16.0 Å². The van der Waals surface area contributed by atoms with E-state index < -0.39 is 0 Å². The van der Waals surface area contributed by atoms with E-state index in [1.807, 2.05) is 12.1 Å². The molecule has 1 amide bonds. The van der Waals surface area contributed by atoms with Gasteiger partial charge in [0.25, 0.3) is 0 Å². The molecule has 1 heterocycles. The minimum atomic E-state index is 0.110. The maximum atomic E-state index is 11.8. The lowest BCUT2D eigenvalue weighted by Gasteiger charge is -2.21. The smallest absolute Gasteiger partial charge is 0.223 e. The number of benzene rings is 1. The zero-order chi connectivity index (χ0) is 12.8. The normalized spacial score (nSPS) is 16.4. The van der Waals surface area contributed by atoms with Gasteiger partial charge in [0.15, 0.2) is 0 Å². The molecule has 2 N–H and O–H groups in total. The zero-order valence-electron chi connectivity index (χ0n) is 10.4. The predicted octanol–water partition coefficient (Wildman–Crippen LogP) is 1.48. The van der Waals surface area contributed by atoms with Crippen LogP contribution in [0.4, 0.5) is 0 Å². The Labute approximate surface area is 107 Å². The Morgan fingerprint density at radius 3 is 2.61 bits per heavy atom. The first-order valence-electron chi connectivity index (χ1n) is 6.39. The van der Waals surface area contributed by atoms with Crippen LogP contribution in [0.3, 0.4) is 0 Å². The highest BCUT2D eigenvalue weighted by molar-refractivity contribution is 5.78. The molecule has 0 radical (unpaired) electrons. The van der Waals surface area contributed by atoms with E-state index in [-0.39, 0.29) is 17.6 Å². The van der Waals surface area contributed by atoms with Crippen molar-refractivity contribution in [2.75, 3.05) is 19.8 Å². The standard InChI is InChI=1S/C14H19NO3/c16-13-3-1-11(2-4-13)5-8-15-14(17)12-6-9-18-10-7-12/h1-4,12,16H,5-10H2,(H,15,17). The van der Waals surface area contributed by atoms with Crippen molar-refractivity contribution in [2.45, 2.75) is 19.3 Å². The molecular formula is C14H19NO3. The van der Waals surface area contributed by atoms with Gasteiger partial charge >= 0.3 is 0 Å². The average Bonchev–Trinajstić information content (AvgIpc) is 2.42. The van der Waals surface area contributed by atoms with Crippen molar-refractivity contribution in [3.8, 4) is 5.75 Å². The fourth-order valence-electron chi connectivity index (χ4n) is 2.10. The summed E-state index contributed by atoms with van der Waals surface area (Å²) < 4.78 is 5.23. The Bertz CT molecular complexity index is 383. The monoisotopic (exact) mass is 249 g/mol. The van der Waals surface area contributed by atoms with Crippen LogP contribution in [0.15, 0.2) is 24.3 Å². The third-order valence-electron chi connectivity index (χ3n) is 3.24. The molecule has 98 valence electrons. The minimum absolute atomic E-state index is 0.110. The first kappa shape index (κ1) is 12.9. The number of hydrogen-bond donors (Lipinski definition) is 2. The summed E-state index contributed by atoms with van der Waals surface area (Å²) >= 11 is 0. The van der Waals surface area contributed by atoms with Crippen LogP contribution in [0.25, 0.3) is 0 Å². The van der Waals surface area contributed by atoms with Crippen molar-refractivity contribution in [3.63, 3.8) is 0 Å². The molecule has 0 aromatic heterocycles. The molecule has 4 heteroatoms. The number of hydrogen-bond acceptors (Lipinski definition) is 3. The van der Waals surface area contributed by atoms with Gasteiger partial charge in [0, 0.05) is 25.7 Å². The summed E-state index contributed by atoms with van der Waals surface area (Å²) in [6, 6.07) is 7.07. The Morgan fingerprint density at radius 2 is 1.94 bits per heavy atom. The van der Waals surface area contributed by atoms with E-state index in [1.54, 1.807) is 12.1 Å². The van der Waals surface area contributed by atoms with Gasteiger partial charge in [-0.2, -0.15) is 0 Å². The maximum absolute atomic E-state index is 11.8. The minimum Gasteiger partial charge on any atom is -0.508 e. The van der Waals surface area contributed by atoms with Gasteiger partial charge in [-0.1, -0.05) is 12.1 Å². The van der Waals surface area contributed by atoms with E-state index in [4.69, 9.17) is 9.84 Å². The summed E-state index contributed by atoms with van der Waals surface area (Å²) in [5.74, 6) is 0.514. The lowest BCUT2D eigenvalue weighted by Crippen LogP contribution is -2.35. The number of ether oxygens (including phenoxy) is 1. The third kappa shape index (κ3) is 3.74. The number of phenolic OH excluding ortho intramolecular Hbond substituents is 1. The molecule has 0 unspecified atom stereocenters. The lowest BCUT2D eigenvalue weighted by atomic mass is 9.99. The number of amides is 1. The Morgan fingerprint density at radius 1 is 1.28 bits per heavy atom. The van der Waals surface area contributed by atoms with Gasteiger partial charge in [-0.15, -0.1) is 0 Å². The summed E-state index contributed by atoms with van der Waals surface area (Å²) in [6.07, 6.45) is 2.44. The van der Waals surface area contributed by atoms with E-state index in [0.29, 0.717) is 19.8 Å². The highest BCUT2D eigenvalue weighted by Crippen LogP contribution is 2.14. The number of carbonyl (C=O) groups excluding carboxylic acids is 1. The molecule has 1 aliphatic rings. The first-order chi connectivity index (χ1) is 8.75. The molecule has 0 aliphatic carbocycles. The second kappa shape index (κ2) is 6.40. The molecule has 0 spiro atoms. The molecule has 2 rings (SSSR count). The maximum Gasteiger partial charge on any atom is 0.223 e. The van der Waals surface area contributed by atoms with Crippen molar-refractivity contribution >= 4 is 5.91 Å². The van der Waals surface area contributed by atoms with E-state index in [2.05, 4.69) is 5.32 Å². The first-order valence-corrected chi connectivity index (χ1v) is 6.39. The summed E-state index contributed by atoms with van der Waals surface area (Å²) in [5, 5.41) is 12.1. The molecule has 0 saturated carbocycles. The van der Waals surface area contributed by atoms with E-state index in [1.165, 1.54) is 0 Å². The van der Waals surface area contributed by atoms with Crippen LogP contribution in [-0.4, -0.2) is 30.8 Å². The molecule has 0 atom stereocenters. The van der Waals surface area contributed by atoms with E-state index in [9.17, 15) is 4.79 Å². The number of rotatable bonds is 4. The fourth-order valence-corrected chi connectivity index (χ4v) is 2.10. The molecule has 1 saturated heterocycles. The summed E-state index contributed by atoms with van der Waals surface area (Å²) in [4.78, 5) is 11.8. The van der Waals surface area contributed by atoms with Crippen LogP contribution in [0.1, 0.15) is 18.4 Å². The van der Waals surface area contributed by atoms with Crippen LogP contribution in [0, 0.1) is 5.92 Å². The van der Waals surface area contributed by atoms with Crippen LogP contribution in [0.2, 0.25) is 0 Å². The van der Waals surface area contributed by atoms with Crippen LogP contribution >= 0.6 is 0 Å². The summed E-state index contributed by atoms with van der Waals surface area (Å²) in [5.41, 5.74) is 1.11. The van der Waals surface area contributed by atoms with Crippen LogP contribution in [0.5, 0.6) is 5.75 Å². The van der Waals surface area contributed by atoms with Gasteiger partial charge < -0.3 is 15.2 Å². The van der Waals surface area contributed by atoms with Gasteiger partial charge in [-0.3, -0.25) is 4.79 Å². The van der Waals surface area contributed by atoms with Crippen molar-refractivity contribution in [1.29, 1.82) is 0 Å². The second-order valence-corrected chi connectivity index (χ2v) is 4.59. The molecular weight excluding hydrogens is 230 g/mol. The predicted molar refractivity (Wildman–Crippen MR) is 68.4 cm³/mol. The highest BCUT2D eigenvalue weighted by atomic mass is 16.5. The quantitative estimate of drug-likeness (QED) is 0.849. The van der Waals surface area contributed by atoms with Gasteiger partial charge in [-0.25, -0.2) is 0 Å². The Balaban J connectivity index is 1.71. The molecule has 4 nitrogen and oxygen atoms in total. The lowest BCUT2D eigenvalue weighted by molar-refractivity contribution is -0.127.